The molecule has 1 aliphatic heterocycles. The van der Waals surface area contributed by atoms with Crippen LogP contribution < -0.4 is 21.9 Å². The number of rotatable bonds is 4. The third-order valence-corrected chi connectivity index (χ3v) is 4.26. The average Bonchev–Trinajstić information content (AvgIpc) is 2.71. The van der Waals surface area contributed by atoms with Gasteiger partial charge in [0, 0.05) is 6.61 Å². The lowest BCUT2D eigenvalue weighted by molar-refractivity contribution is -0.161. The van der Waals surface area contributed by atoms with Crippen LogP contribution in [0.25, 0.3) is 11.0 Å². The third kappa shape index (κ3) is 3.81. The fraction of sp³-hybridized carbons (Fsp3) is 0.312. The quantitative estimate of drug-likeness (QED) is 0.330. The Labute approximate surface area is 170 Å². The maximum atomic E-state index is 13.2. The molecule has 1 atom stereocenters. The molecular weight excluding hydrogens is 427 g/mol. The number of carbonyl (C=O) groups excluding carboxylic acids is 2. The summed E-state index contributed by atoms with van der Waals surface area (Å²) in [6.07, 6.45) is -6.48. The van der Waals surface area contributed by atoms with E-state index in [-0.39, 0.29) is 22.9 Å². The Morgan fingerprint density at radius 2 is 2.10 bits per heavy atom. The van der Waals surface area contributed by atoms with Crippen molar-refractivity contribution in [3.8, 4) is 6.07 Å². The summed E-state index contributed by atoms with van der Waals surface area (Å²) in [5.41, 5.74) is -2.53. The summed E-state index contributed by atoms with van der Waals surface area (Å²) in [4.78, 5) is 40.5. The van der Waals surface area contributed by atoms with Gasteiger partial charge in [-0.05, 0) is 19.1 Å². The van der Waals surface area contributed by atoms with Crippen LogP contribution in [0.1, 0.15) is 24.5 Å². The first-order valence-corrected chi connectivity index (χ1v) is 8.56. The average molecular weight is 441 g/mol. The molecule has 15 heteroatoms. The molecule has 1 aromatic heterocycles. The predicted molar refractivity (Wildman–Crippen MR) is 94.6 cm³/mol. The van der Waals surface area contributed by atoms with Gasteiger partial charge in [0.15, 0.2) is 0 Å². The number of fused-ring (bicyclic) bond motifs is 1. The number of alkyl halides is 3. The summed E-state index contributed by atoms with van der Waals surface area (Å²) in [7, 11) is 0. The summed E-state index contributed by atoms with van der Waals surface area (Å²) < 4.78 is 44.8. The fourth-order valence-corrected chi connectivity index (χ4v) is 2.88. The zero-order valence-electron chi connectivity index (χ0n) is 15.7. The molecule has 1 fully saturated rings. The SMILES string of the molecule is CCOC1CC(=O)NN(N(N)c2nc3cc(C(F)(F)F)c(C#N)cc3n(O)c2=O)C1=O. The lowest BCUT2D eigenvalue weighted by Gasteiger charge is -2.36. The van der Waals surface area contributed by atoms with Crippen LogP contribution in [0.15, 0.2) is 16.9 Å². The molecule has 0 spiro atoms. The minimum Gasteiger partial charge on any atom is -0.425 e. The monoisotopic (exact) mass is 441 g/mol. The maximum absolute atomic E-state index is 13.2. The van der Waals surface area contributed by atoms with Gasteiger partial charge < -0.3 is 9.94 Å². The number of aromatic nitrogens is 2. The van der Waals surface area contributed by atoms with E-state index in [1.54, 1.807) is 6.92 Å². The molecular formula is C16H14F3N7O5. The molecule has 164 valence electrons. The van der Waals surface area contributed by atoms with Gasteiger partial charge in [-0.2, -0.15) is 23.6 Å². The molecule has 1 aliphatic rings. The van der Waals surface area contributed by atoms with Crippen molar-refractivity contribution >= 4 is 28.7 Å². The number of nitrogens with zero attached hydrogens (tertiary/aromatic N) is 5. The summed E-state index contributed by atoms with van der Waals surface area (Å²) in [6.45, 7) is 1.66. The van der Waals surface area contributed by atoms with Crippen molar-refractivity contribution in [3.05, 3.63) is 33.6 Å². The molecule has 12 nitrogen and oxygen atoms in total. The van der Waals surface area contributed by atoms with E-state index in [1.165, 1.54) is 6.07 Å². The van der Waals surface area contributed by atoms with E-state index in [0.29, 0.717) is 17.3 Å². The zero-order chi connectivity index (χ0) is 23.1. The Balaban J connectivity index is 2.15. The second-order valence-corrected chi connectivity index (χ2v) is 6.23. The third-order valence-electron chi connectivity index (χ3n) is 4.26. The second-order valence-electron chi connectivity index (χ2n) is 6.23. The van der Waals surface area contributed by atoms with E-state index in [9.17, 15) is 32.8 Å². The number of carbonyl (C=O) groups is 2. The van der Waals surface area contributed by atoms with Crippen molar-refractivity contribution in [1.29, 1.82) is 5.26 Å². The lowest BCUT2D eigenvalue weighted by Crippen LogP contribution is -2.66. The summed E-state index contributed by atoms with van der Waals surface area (Å²) in [6, 6.07) is 2.41. The summed E-state index contributed by atoms with van der Waals surface area (Å²) in [5.74, 6) is 3.26. The van der Waals surface area contributed by atoms with Crippen LogP contribution in [0.2, 0.25) is 0 Å². The molecule has 0 bridgehead atoms. The van der Waals surface area contributed by atoms with Gasteiger partial charge in [-0.25, -0.2) is 16.3 Å². The molecule has 2 amide bonds. The predicted octanol–water partition coefficient (Wildman–Crippen LogP) is -0.212. The highest BCUT2D eigenvalue weighted by molar-refractivity contribution is 5.93. The molecule has 1 aromatic carbocycles. The molecule has 2 heterocycles. The van der Waals surface area contributed by atoms with Crippen LogP contribution in [0.5, 0.6) is 0 Å². The standard InChI is InChI=1S/C16H14F3N7O5/c1-2-31-11-5-12(27)23-26(14(11)28)25(21)13-15(29)24(30)10-3-7(6-20)8(16(17,18)19)4-9(10)22-13/h3-4,11,30H,2,5,21H2,1H3,(H,23,27). The number of amides is 2. The number of anilines is 1. The topological polar surface area (TPSA) is 167 Å². The van der Waals surface area contributed by atoms with Crippen LogP contribution in [0.3, 0.4) is 0 Å². The Morgan fingerprint density at radius 3 is 2.68 bits per heavy atom. The van der Waals surface area contributed by atoms with Gasteiger partial charge in [-0.15, -0.1) is 9.85 Å². The molecule has 0 radical (unpaired) electrons. The van der Waals surface area contributed by atoms with Crippen molar-refractivity contribution in [2.24, 2.45) is 5.84 Å². The van der Waals surface area contributed by atoms with Crippen LogP contribution >= 0.6 is 0 Å². The number of hydrazine groups is 3. The van der Waals surface area contributed by atoms with Gasteiger partial charge >= 0.3 is 11.7 Å². The van der Waals surface area contributed by atoms with E-state index in [0.717, 1.165) is 0 Å². The summed E-state index contributed by atoms with van der Waals surface area (Å²) in [5, 5.41) is 19.8. The maximum Gasteiger partial charge on any atom is 0.417 e. The van der Waals surface area contributed by atoms with E-state index in [2.05, 4.69) is 10.4 Å². The van der Waals surface area contributed by atoms with E-state index in [4.69, 9.17) is 15.8 Å². The molecule has 4 N–H and O–H groups in total. The normalized spacial score (nSPS) is 16.9. The first-order chi connectivity index (χ1) is 14.5. The van der Waals surface area contributed by atoms with Crippen LogP contribution in [0, 0.1) is 11.3 Å². The highest BCUT2D eigenvalue weighted by Gasteiger charge is 2.38. The van der Waals surface area contributed by atoms with Gasteiger partial charge in [0.1, 0.15) is 11.6 Å². The Bertz CT molecular complexity index is 1170. The Kier molecular flexibility index (Phi) is 5.44. The number of nitrogens with one attached hydrogen (secondary N) is 1. The fourth-order valence-electron chi connectivity index (χ4n) is 2.88. The zero-order valence-corrected chi connectivity index (χ0v) is 15.7. The van der Waals surface area contributed by atoms with E-state index in [1.807, 2.05) is 0 Å². The number of halogens is 3. The Morgan fingerprint density at radius 1 is 1.42 bits per heavy atom. The van der Waals surface area contributed by atoms with Gasteiger partial charge in [0.2, 0.25) is 11.7 Å². The van der Waals surface area contributed by atoms with Crippen molar-refractivity contribution in [1.82, 2.24) is 20.3 Å². The van der Waals surface area contributed by atoms with Gasteiger partial charge in [-0.1, -0.05) is 0 Å². The number of hydrogen-bond donors (Lipinski definition) is 3. The van der Waals surface area contributed by atoms with Crippen LogP contribution in [-0.4, -0.2) is 44.6 Å². The Hall–Kier alpha value is -3.90. The molecule has 1 unspecified atom stereocenters. The minimum absolute atomic E-state index is 0.0746. The van der Waals surface area contributed by atoms with Gasteiger partial charge in [0.25, 0.3) is 5.91 Å². The molecule has 3 rings (SSSR count). The van der Waals surface area contributed by atoms with Crippen molar-refractivity contribution in [2.75, 3.05) is 11.7 Å². The van der Waals surface area contributed by atoms with Crippen molar-refractivity contribution < 1.29 is 32.7 Å². The van der Waals surface area contributed by atoms with Gasteiger partial charge in [-0.3, -0.25) is 14.4 Å². The smallest absolute Gasteiger partial charge is 0.417 e. The van der Waals surface area contributed by atoms with Crippen LogP contribution in [-0.2, 0) is 20.5 Å². The largest absolute Gasteiger partial charge is 0.425 e. The van der Waals surface area contributed by atoms with Crippen LogP contribution in [0.4, 0.5) is 19.0 Å². The number of hydrogen-bond acceptors (Lipinski definition) is 9. The van der Waals surface area contributed by atoms with Crippen molar-refractivity contribution in [3.63, 3.8) is 0 Å². The molecule has 0 saturated carbocycles. The van der Waals surface area contributed by atoms with E-state index < -0.39 is 57.6 Å². The first kappa shape index (κ1) is 21.8. The van der Waals surface area contributed by atoms with E-state index >= 15 is 0 Å². The number of benzene rings is 1. The molecule has 1 saturated heterocycles. The first-order valence-electron chi connectivity index (χ1n) is 8.56. The lowest BCUT2D eigenvalue weighted by atomic mass is 10.1. The minimum atomic E-state index is -4.93. The van der Waals surface area contributed by atoms with Crippen molar-refractivity contribution in [2.45, 2.75) is 25.6 Å². The molecule has 2 aromatic rings. The second kappa shape index (κ2) is 7.74. The number of nitriles is 1. The number of nitrogens with two attached hydrogens (primary N) is 1. The highest BCUT2D eigenvalue weighted by Crippen LogP contribution is 2.34. The number of ether oxygens (including phenoxy) is 1. The highest BCUT2D eigenvalue weighted by atomic mass is 19.4. The van der Waals surface area contributed by atoms with Gasteiger partial charge in [0.05, 0.1) is 29.1 Å². The molecule has 0 aliphatic carbocycles. The molecule has 31 heavy (non-hydrogen) atoms. The summed E-state index contributed by atoms with van der Waals surface area (Å²) >= 11 is 0.